The Labute approximate surface area is 205 Å². The van der Waals surface area contributed by atoms with Gasteiger partial charge in [-0.05, 0) is 48.4 Å². The summed E-state index contributed by atoms with van der Waals surface area (Å²) in [7, 11) is -2.12. The van der Waals surface area contributed by atoms with Crippen molar-refractivity contribution in [2.24, 2.45) is 0 Å². The summed E-state index contributed by atoms with van der Waals surface area (Å²) in [5.41, 5.74) is 2.79. The monoisotopic (exact) mass is 495 g/mol. The molecule has 0 saturated carbocycles. The average Bonchev–Trinajstić information content (AvgIpc) is 2.88. The molecule has 0 bridgehead atoms. The number of benzene rings is 3. The molecule has 1 atom stereocenters. The SMILES string of the molecule is COc1ccc(C)cc1NC(=O)[C@@H](Nc1cccc(S(=O)(=O)N2CCOCC2)c1)c1ccccc1. The average molecular weight is 496 g/mol. The summed E-state index contributed by atoms with van der Waals surface area (Å²) < 4.78 is 38.3. The highest BCUT2D eigenvalue weighted by Gasteiger charge is 2.27. The summed E-state index contributed by atoms with van der Waals surface area (Å²) in [5, 5.41) is 6.17. The molecule has 2 N–H and O–H groups in total. The molecule has 9 heteroatoms. The number of aryl methyl sites for hydroxylation is 1. The molecule has 1 saturated heterocycles. The normalized spacial score (nSPS) is 15.3. The zero-order valence-corrected chi connectivity index (χ0v) is 20.5. The van der Waals surface area contributed by atoms with Crippen molar-refractivity contribution in [3.63, 3.8) is 0 Å². The Bertz CT molecular complexity index is 1280. The number of amides is 1. The number of carbonyl (C=O) groups is 1. The van der Waals surface area contributed by atoms with Crippen LogP contribution in [-0.2, 0) is 19.6 Å². The number of carbonyl (C=O) groups excluding carboxylic acids is 1. The highest BCUT2D eigenvalue weighted by atomic mass is 32.2. The molecule has 184 valence electrons. The quantitative estimate of drug-likeness (QED) is 0.493. The molecule has 35 heavy (non-hydrogen) atoms. The number of morpholine rings is 1. The number of anilines is 2. The summed E-state index contributed by atoms with van der Waals surface area (Å²) >= 11 is 0. The van der Waals surface area contributed by atoms with Crippen molar-refractivity contribution in [1.29, 1.82) is 0 Å². The number of hydrogen-bond acceptors (Lipinski definition) is 6. The van der Waals surface area contributed by atoms with E-state index in [4.69, 9.17) is 9.47 Å². The molecule has 0 unspecified atom stereocenters. The first-order valence-corrected chi connectivity index (χ1v) is 12.8. The van der Waals surface area contributed by atoms with Gasteiger partial charge in [-0.2, -0.15) is 4.31 Å². The summed E-state index contributed by atoms with van der Waals surface area (Å²) in [6.07, 6.45) is 0. The predicted molar refractivity (Wildman–Crippen MR) is 135 cm³/mol. The molecule has 1 aliphatic heterocycles. The second-order valence-corrected chi connectivity index (χ2v) is 10.2. The molecule has 1 aliphatic rings. The van der Waals surface area contributed by atoms with Crippen LogP contribution in [0.3, 0.4) is 0 Å². The second-order valence-electron chi connectivity index (χ2n) is 8.23. The molecular formula is C26H29N3O5S. The van der Waals surface area contributed by atoms with Crippen LogP contribution in [0.1, 0.15) is 17.2 Å². The van der Waals surface area contributed by atoms with E-state index in [1.807, 2.05) is 49.4 Å². The molecule has 0 aliphatic carbocycles. The van der Waals surface area contributed by atoms with E-state index < -0.39 is 16.1 Å². The van der Waals surface area contributed by atoms with Crippen LogP contribution >= 0.6 is 0 Å². The first kappa shape index (κ1) is 24.7. The second kappa shape index (κ2) is 10.9. The molecule has 0 spiro atoms. The summed E-state index contributed by atoms with van der Waals surface area (Å²) in [6.45, 7) is 3.30. The van der Waals surface area contributed by atoms with Gasteiger partial charge in [0.25, 0.3) is 5.91 Å². The van der Waals surface area contributed by atoms with Crippen LogP contribution in [0, 0.1) is 6.92 Å². The molecule has 8 nitrogen and oxygen atoms in total. The van der Waals surface area contributed by atoms with E-state index in [1.165, 1.54) is 4.31 Å². The fourth-order valence-electron chi connectivity index (χ4n) is 3.92. The van der Waals surface area contributed by atoms with E-state index in [1.54, 1.807) is 37.4 Å². The van der Waals surface area contributed by atoms with Crippen LogP contribution in [0.4, 0.5) is 11.4 Å². The zero-order valence-electron chi connectivity index (χ0n) is 19.7. The zero-order chi connectivity index (χ0) is 24.8. The van der Waals surface area contributed by atoms with Gasteiger partial charge in [-0.3, -0.25) is 4.79 Å². The smallest absolute Gasteiger partial charge is 0.251 e. The summed E-state index contributed by atoms with van der Waals surface area (Å²) in [6, 6.07) is 20.6. The molecule has 3 aromatic rings. The van der Waals surface area contributed by atoms with Gasteiger partial charge < -0.3 is 20.1 Å². The van der Waals surface area contributed by atoms with E-state index in [0.717, 1.165) is 11.1 Å². The predicted octanol–water partition coefficient (Wildman–Crippen LogP) is 3.82. The van der Waals surface area contributed by atoms with Crippen molar-refractivity contribution in [3.05, 3.63) is 83.9 Å². The minimum atomic E-state index is -3.67. The van der Waals surface area contributed by atoms with Crippen molar-refractivity contribution in [3.8, 4) is 5.75 Å². The number of nitrogens with zero attached hydrogens (tertiary/aromatic N) is 1. The first-order chi connectivity index (χ1) is 16.9. The summed E-state index contributed by atoms with van der Waals surface area (Å²) in [5.74, 6) is 0.246. The molecule has 1 fully saturated rings. The van der Waals surface area contributed by atoms with Gasteiger partial charge in [-0.25, -0.2) is 8.42 Å². The Morgan fingerprint density at radius 2 is 1.74 bits per heavy atom. The van der Waals surface area contributed by atoms with Gasteiger partial charge in [0.05, 0.1) is 30.9 Å². The van der Waals surface area contributed by atoms with Crippen LogP contribution < -0.4 is 15.4 Å². The maximum atomic E-state index is 13.5. The number of methoxy groups -OCH3 is 1. The minimum absolute atomic E-state index is 0.164. The third-order valence-electron chi connectivity index (χ3n) is 5.76. The van der Waals surface area contributed by atoms with Crippen molar-refractivity contribution >= 4 is 27.3 Å². The third-order valence-corrected chi connectivity index (χ3v) is 7.66. The van der Waals surface area contributed by atoms with Crippen molar-refractivity contribution in [2.45, 2.75) is 17.9 Å². The van der Waals surface area contributed by atoms with E-state index in [2.05, 4.69) is 10.6 Å². The fraction of sp³-hybridized carbons (Fsp3) is 0.269. The number of nitrogens with one attached hydrogen (secondary N) is 2. The maximum Gasteiger partial charge on any atom is 0.251 e. The van der Waals surface area contributed by atoms with Crippen molar-refractivity contribution < 1.29 is 22.7 Å². The lowest BCUT2D eigenvalue weighted by Gasteiger charge is -2.26. The van der Waals surface area contributed by atoms with E-state index in [9.17, 15) is 13.2 Å². The number of hydrogen-bond donors (Lipinski definition) is 2. The van der Waals surface area contributed by atoms with E-state index in [-0.39, 0.29) is 10.8 Å². The van der Waals surface area contributed by atoms with Gasteiger partial charge in [0.1, 0.15) is 11.8 Å². The molecule has 0 aromatic heterocycles. The number of rotatable bonds is 8. The lowest BCUT2D eigenvalue weighted by molar-refractivity contribution is -0.117. The largest absolute Gasteiger partial charge is 0.495 e. The Balaban J connectivity index is 1.62. The van der Waals surface area contributed by atoms with E-state index >= 15 is 0 Å². The summed E-state index contributed by atoms with van der Waals surface area (Å²) in [4.78, 5) is 13.6. The fourth-order valence-corrected chi connectivity index (χ4v) is 5.37. The first-order valence-electron chi connectivity index (χ1n) is 11.3. The highest BCUT2D eigenvalue weighted by molar-refractivity contribution is 7.89. The molecule has 4 rings (SSSR count). The van der Waals surface area contributed by atoms with E-state index in [0.29, 0.717) is 43.4 Å². The lowest BCUT2D eigenvalue weighted by atomic mass is 10.1. The van der Waals surface area contributed by atoms with Crippen LogP contribution in [0.15, 0.2) is 77.7 Å². The standard InChI is InChI=1S/C26H29N3O5S/c1-19-11-12-24(33-2)23(17-19)28-26(30)25(20-7-4-3-5-8-20)27-21-9-6-10-22(18-21)35(31,32)29-13-15-34-16-14-29/h3-12,17-18,25,27H,13-16H2,1-2H3,(H,28,30)/t25-/m0/s1. The lowest BCUT2D eigenvalue weighted by Crippen LogP contribution is -2.40. The van der Waals surface area contributed by atoms with Gasteiger partial charge in [-0.15, -0.1) is 0 Å². The van der Waals surface area contributed by atoms with Crippen LogP contribution in [0.5, 0.6) is 5.75 Å². The highest BCUT2D eigenvalue weighted by Crippen LogP contribution is 2.29. The van der Waals surface area contributed by atoms with Crippen LogP contribution in [0.25, 0.3) is 0 Å². The van der Waals surface area contributed by atoms with Gasteiger partial charge in [0.15, 0.2) is 0 Å². The van der Waals surface area contributed by atoms with Gasteiger partial charge in [-0.1, -0.05) is 42.5 Å². The van der Waals surface area contributed by atoms with Crippen molar-refractivity contribution in [2.75, 3.05) is 44.0 Å². The Morgan fingerprint density at radius 3 is 2.46 bits per heavy atom. The molecule has 0 radical (unpaired) electrons. The minimum Gasteiger partial charge on any atom is -0.495 e. The maximum absolute atomic E-state index is 13.5. The Kier molecular flexibility index (Phi) is 7.70. The van der Waals surface area contributed by atoms with Gasteiger partial charge in [0, 0.05) is 18.8 Å². The molecule has 1 heterocycles. The van der Waals surface area contributed by atoms with Crippen LogP contribution in [-0.4, -0.2) is 52.0 Å². The topological polar surface area (TPSA) is 97.0 Å². The van der Waals surface area contributed by atoms with Crippen LogP contribution in [0.2, 0.25) is 0 Å². The molecule has 1 amide bonds. The van der Waals surface area contributed by atoms with Gasteiger partial charge in [0.2, 0.25) is 10.0 Å². The number of ether oxygens (including phenoxy) is 2. The molecular weight excluding hydrogens is 466 g/mol. The van der Waals surface area contributed by atoms with Crippen molar-refractivity contribution in [1.82, 2.24) is 4.31 Å². The number of sulfonamides is 1. The Morgan fingerprint density at radius 1 is 1.00 bits per heavy atom. The third kappa shape index (κ3) is 5.82. The van der Waals surface area contributed by atoms with Gasteiger partial charge >= 0.3 is 0 Å². The Hall–Kier alpha value is -3.40. The molecule has 3 aromatic carbocycles.